The molecule has 0 aromatic rings. The zero-order chi connectivity index (χ0) is 7.11. The molecule has 0 heterocycles. The monoisotopic (exact) mass is 129 g/mol. The molecule has 0 fully saturated rings. The van der Waals surface area contributed by atoms with Gasteiger partial charge < -0.3 is 5.84 Å². The molecule has 0 aliphatic carbocycles. The van der Waals surface area contributed by atoms with Crippen LogP contribution in [-0.4, -0.2) is 12.4 Å². The van der Waals surface area contributed by atoms with Crippen LogP contribution < -0.4 is 11.3 Å². The third-order valence-corrected chi connectivity index (χ3v) is 0.630. The smallest absolute Gasteiger partial charge is 0.154 e. The maximum atomic E-state index is 4.77. The van der Waals surface area contributed by atoms with Crippen LogP contribution in [0.4, 0.5) is 0 Å². The second kappa shape index (κ2) is 5.02. The van der Waals surface area contributed by atoms with Gasteiger partial charge in [0.05, 0.1) is 0 Å². The Bertz CT molecular complexity index is 108. The van der Waals surface area contributed by atoms with Crippen LogP contribution in [0.2, 0.25) is 0 Å². The van der Waals surface area contributed by atoms with Crippen LogP contribution in [0.1, 0.15) is 13.8 Å². The first-order chi connectivity index (χ1) is 4.31. The number of hydrazone groups is 1. The summed E-state index contributed by atoms with van der Waals surface area (Å²) in [4.78, 5) is 0. The Hall–Kier alpha value is -1.13. The van der Waals surface area contributed by atoms with Gasteiger partial charge in [-0.25, -0.2) is 0 Å². The minimum absolute atomic E-state index is 0.147. The van der Waals surface area contributed by atoms with Crippen LogP contribution in [0.5, 0.6) is 0 Å². The SMILES string of the molecule is C/C=N\NC(C)N=NN. The number of nitrogens with zero attached hydrogens (tertiary/aromatic N) is 3. The van der Waals surface area contributed by atoms with E-state index in [0.717, 1.165) is 0 Å². The van der Waals surface area contributed by atoms with Gasteiger partial charge in [-0.3, -0.25) is 5.43 Å². The summed E-state index contributed by atoms with van der Waals surface area (Å²) in [5.74, 6) is 4.77. The van der Waals surface area contributed by atoms with E-state index in [1.807, 2.05) is 0 Å². The first-order valence-corrected chi connectivity index (χ1v) is 2.64. The lowest BCUT2D eigenvalue weighted by atomic mass is 10.6. The molecule has 5 heteroatoms. The molecule has 0 spiro atoms. The zero-order valence-electron chi connectivity index (χ0n) is 5.57. The third-order valence-electron chi connectivity index (χ3n) is 0.630. The van der Waals surface area contributed by atoms with E-state index in [4.69, 9.17) is 5.84 Å². The summed E-state index contributed by atoms with van der Waals surface area (Å²) in [6.07, 6.45) is 1.48. The van der Waals surface area contributed by atoms with E-state index in [1.165, 1.54) is 0 Å². The largest absolute Gasteiger partial charge is 0.305 e. The van der Waals surface area contributed by atoms with E-state index in [1.54, 1.807) is 20.1 Å². The number of nitrogens with two attached hydrogens (primary N) is 1. The Labute approximate surface area is 54.0 Å². The summed E-state index contributed by atoms with van der Waals surface area (Å²) in [6, 6.07) is 0. The molecule has 0 aromatic carbocycles. The Kier molecular flexibility index (Phi) is 4.39. The summed E-state index contributed by atoms with van der Waals surface area (Å²) in [6.45, 7) is 3.60. The summed E-state index contributed by atoms with van der Waals surface area (Å²) >= 11 is 0. The molecule has 0 bridgehead atoms. The fourth-order valence-electron chi connectivity index (χ4n) is 0.308. The van der Waals surface area contributed by atoms with E-state index in [0.29, 0.717) is 0 Å². The first kappa shape index (κ1) is 7.87. The quantitative estimate of drug-likeness (QED) is 0.248. The number of rotatable bonds is 3. The van der Waals surface area contributed by atoms with Gasteiger partial charge >= 0.3 is 0 Å². The molecule has 1 unspecified atom stereocenters. The normalized spacial score (nSPS) is 14.9. The third kappa shape index (κ3) is 4.73. The standard InChI is InChI=1S/C4H11N5/c1-3-6-7-4(2)8-9-5/h3-4,7H,1-2H3,(H2,5,8)/b6-3-. The van der Waals surface area contributed by atoms with E-state index >= 15 is 0 Å². The summed E-state index contributed by atoms with van der Waals surface area (Å²) in [5.41, 5.74) is 2.66. The van der Waals surface area contributed by atoms with Crippen molar-refractivity contribution in [3.05, 3.63) is 0 Å². The molecule has 1 atom stereocenters. The molecule has 0 saturated heterocycles. The van der Waals surface area contributed by atoms with Crippen LogP contribution in [0.15, 0.2) is 15.4 Å². The molecule has 0 rings (SSSR count). The topological polar surface area (TPSA) is 75.1 Å². The summed E-state index contributed by atoms with van der Waals surface area (Å²) in [5, 5.41) is 10.3. The Morgan fingerprint density at radius 3 is 2.78 bits per heavy atom. The highest BCUT2D eigenvalue weighted by Gasteiger charge is 1.89. The minimum Gasteiger partial charge on any atom is -0.305 e. The van der Waals surface area contributed by atoms with E-state index in [9.17, 15) is 0 Å². The molecule has 0 saturated carbocycles. The average Bonchev–Trinajstić information content (AvgIpc) is 1.85. The predicted octanol–water partition coefficient (Wildman–Crippen LogP) is 0.254. The van der Waals surface area contributed by atoms with Gasteiger partial charge in [0, 0.05) is 6.21 Å². The van der Waals surface area contributed by atoms with Crippen molar-refractivity contribution in [2.24, 2.45) is 21.3 Å². The fourth-order valence-corrected chi connectivity index (χ4v) is 0.308. The van der Waals surface area contributed by atoms with Crippen LogP contribution >= 0.6 is 0 Å². The van der Waals surface area contributed by atoms with Crippen molar-refractivity contribution in [1.29, 1.82) is 0 Å². The molecular weight excluding hydrogens is 118 g/mol. The van der Waals surface area contributed by atoms with Gasteiger partial charge in [-0.05, 0) is 13.8 Å². The van der Waals surface area contributed by atoms with Gasteiger partial charge in [0.1, 0.15) is 0 Å². The molecule has 0 radical (unpaired) electrons. The Morgan fingerprint density at radius 1 is 1.67 bits per heavy atom. The molecule has 0 aliphatic rings. The highest BCUT2D eigenvalue weighted by Crippen LogP contribution is 1.80. The molecule has 52 valence electrons. The van der Waals surface area contributed by atoms with Gasteiger partial charge in [-0.1, -0.05) is 5.22 Å². The van der Waals surface area contributed by atoms with Crippen molar-refractivity contribution in [2.45, 2.75) is 20.0 Å². The number of hydrogen-bond acceptors (Lipinski definition) is 4. The maximum absolute atomic E-state index is 4.77. The van der Waals surface area contributed by atoms with Crippen molar-refractivity contribution >= 4 is 6.21 Å². The average molecular weight is 129 g/mol. The van der Waals surface area contributed by atoms with Crippen LogP contribution in [0.25, 0.3) is 0 Å². The van der Waals surface area contributed by atoms with Gasteiger partial charge in [-0.2, -0.15) is 5.10 Å². The maximum Gasteiger partial charge on any atom is 0.154 e. The highest BCUT2D eigenvalue weighted by atomic mass is 15.4. The van der Waals surface area contributed by atoms with Crippen LogP contribution in [-0.2, 0) is 0 Å². The van der Waals surface area contributed by atoms with E-state index < -0.39 is 0 Å². The summed E-state index contributed by atoms with van der Waals surface area (Å²) < 4.78 is 0. The Morgan fingerprint density at radius 2 is 2.33 bits per heavy atom. The summed E-state index contributed by atoms with van der Waals surface area (Å²) in [7, 11) is 0. The lowest BCUT2D eigenvalue weighted by Gasteiger charge is -2.00. The van der Waals surface area contributed by atoms with Gasteiger partial charge in [0.2, 0.25) is 0 Å². The number of hydrogen-bond donors (Lipinski definition) is 2. The van der Waals surface area contributed by atoms with Gasteiger partial charge in [-0.15, -0.1) is 5.11 Å². The fraction of sp³-hybridized carbons (Fsp3) is 0.750. The Balaban J connectivity index is 3.37. The first-order valence-electron chi connectivity index (χ1n) is 2.64. The molecule has 3 N–H and O–H groups in total. The second-order valence-corrected chi connectivity index (χ2v) is 1.42. The molecule has 5 nitrogen and oxygen atoms in total. The number of nitrogens with one attached hydrogen (secondary N) is 1. The van der Waals surface area contributed by atoms with Gasteiger partial charge in [0.15, 0.2) is 6.17 Å². The van der Waals surface area contributed by atoms with Crippen molar-refractivity contribution in [3.63, 3.8) is 0 Å². The van der Waals surface area contributed by atoms with E-state index in [2.05, 4.69) is 20.9 Å². The predicted molar refractivity (Wildman–Crippen MR) is 35.8 cm³/mol. The molecule has 9 heavy (non-hydrogen) atoms. The van der Waals surface area contributed by atoms with Crippen molar-refractivity contribution in [3.8, 4) is 0 Å². The molecule has 0 aliphatic heterocycles. The van der Waals surface area contributed by atoms with Gasteiger partial charge in [0.25, 0.3) is 0 Å². The molecule has 0 aromatic heterocycles. The molecular formula is C4H11N5. The zero-order valence-corrected chi connectivity index (χ0v) is 5.57. The lowest BCUT2D eigenvalue weighted by Crippen LogP contribution is -2.17. The van der Waals surface area contributed by atoms with Crippen molar-refractivity contribution < 1.29 is 0 Å². The second-order valence-electron chi connectivity index (χ2n) is 1.42. The lowest BCUT2D eigenvalue weighted by molar-refractivity contribution is 0.566. The van der Waals surface area contributed by atoms with Crippen molar-refractivity contribution in [2.75, 3.05) is 0 Å². The van der Waals surface area contributed by atoms with Crippen molar-refractivity contribution in [1.82, 2.24) is 5.43 Å². The highest BCUT2D eigenvalue weighted by molar-refractivity contribution is 5.52. The van der Waals surface area contributed by atoms with Crippen LogP contribution in [0, 0.1) is 0 Å². The minimum atomic E-state index is -0.147. The van der Waals surface area contributed by atoms with E-state index in [-0.39, 0.29) is 6.17 Å². The van der Waals surface area contributed by atoms with Crippen LogP contribution in [0.3, 0.4) is 0 Å². The molecule has 0 amide bonds.